The summed E-state index contributed by atoms with van der Waals surface area (Å²) in [6.07, 6.45) is 1.62. The highest BCUT2D eigenvalue weighted by Crippen LogP contribution is 2.37. The van der Waals surface area contributed by atoms with E-state index in [1.54, 1.807) is 36.5 Å². The molecule has 0 saturated heterocycles. The monoisotopic (exact) mass is 286 g/mol. The number of rotatable bonds is 2. The van der Waals surface area contributed by atoms with E-state index in [0.717, 1.165) is 0 Å². The molecule has 0 N–H and O–H groups in total. The largest absolute Gasteiger partial charge is 0.436 e. The van der Waals surface area contributed by atoms with Crippen molar-refractivity contribution in [1.29, 1.82) is 0 Å². The second-order valence-electron chi connectivity index (χ2n) is 4.33. The third kappa shape index (κ3) is 2.14. The zero-order chi connectivity index (χ0) is 14.1. The molecule has 1 amide bonds. The summed E-state index contributed by atoms with van der Waals surface area (Å²) < 4.78 is 5.74. The summed E-state index contributed by atoms with van der Waals surface area (Å²) in [6.45, 7) is 3.86. The number of hydrogen-bond acceptors (Lipinski definition) is 3. The molecule has 0 saturated carbocycles. The number of anilines is 1. The predicted molar refractivity (Wildman–Crippen MR) is 77.4 cm³/mol. The van der Waals surface area contributed by atoms with Crippen molar-refractivity contribution in [3.63, 3.8) is 0 Å². The molecular weight excluding hydrogens is 276 g/mol. The van der Waals surface area contributed by atoms with Gasteiger partial charge in [-0.15, -0.1) is 0 Å². The van der Waals surface area contributed by atoms with Gasteiger partial charge in [-0.3, -0.25) is 9.69 Å². The average Bonchev–Trinajstić information content (AvgIpc) is 2.55. The van der Waals surface area contributed by atoms with Crippen LogP contribution in [0.25, 0.3) is 0 Å². The van der Waals surface area contributed by atoms with Crippen LogP contribution in [0.3, 0.4) is 0 Å². The van der Waals surface area contributed by atoms with Gasteiger partial charge in [0.25, 0.3) is 5.91 Å². The van der Waals surface area contributed by atoms with Gasteiger partial charge in [0.1, 0.15) is 11.4 Å². The summed E-state index contributed by atoms with van der Waals surface area (Å²) in [4.78, 5) is 18.4. The normalized spacial score (nSPS) is 13.1. The molecule has 1 aliphatic rings. The molecule has 2 heterocycles. The molecule has 1 aromatic heterocycles. The van der Waals surface area contributed by atoms with Crippen LogP contribution < -0.4 is 9.64 Å². The number of fused-ring (bicyclic) bond motifs is 2. The van der Waals surface area contributed by atoms with Gasteiger partial charge in [0, 0.05) is 11.2 Å². The van der Waals surface area contributed by atoms with Crippen molar-refractivity contribution in [2.24, 2.45) is 0 Å². The first kappa shape index (κ1) is 12.7. The van der Waals surface area contributed by atoms with E-state index >= 15 is 0 Å². The van der Waals surface area contributed by atoms with Crippen molar-refractivity contribution in [3.05, 3.63) is 59.8 Å². The lowest BCUT2D eigenvalue weighted by molar-refractivity contribution is 0.0989. The highest BCUT2D eigenvalue weighted by molar-refractivity contribution is 6.30. The molecule has 3 rings (SSSR count). The molecule has 0 unspecified atom stereocenters. The third-order valence-electron chi connectivity index (χ3n) is 2.94. The number of halogens is 1. The number of carbonyl (C=O) groups excluding carboxylic acids is 1. The molecule has 20 heavy (non-hydrogen) atoms. The van der Waals surface area contributed by atoms with Gasteiger partial charge in [-0.25, -0.2) is 4.98 Å². The van der Waals surface area contributed by atoms with Crippen LogP contribution >= 0.6 is 11.6 Å². The Labute approximate surface area is 121 Å². The number of nitrogens with zero attached hydrogens (tertiary/aromatic N) is 2. The van der Waals surface area contributed by atoms with Gasteiger partial charge < -0.3 is 4.74 Å². The molecule has 0 radical (unpaired) electrons. The van der Waals surface area contributed by atoms with Crippen LogP contribution in [0.4, 0.5) is 5.69 Å². The number of benzene rings is 1. The zero-order valence-corrected chi connectivity index (χ0v) is 11.3. The lowest BCUT2D eigenvalue weighted by Crippen LogP contribution is -2.31. The average molecular weight is 287 g/mol. The Balaban J connectivity index is 2.19. The van der Waals surface area contributed by atoms with Crippen molar-refractivity contribution in [3.8, 4) is 11.6 Å². The van der Waals surface area contributed by atoms with Crippen LogP contribution in [0.5, 0.6) is 11.6 Å². The second kappa shape index (κ2) is 4.98. The standard InChI is InChI=1S/C15H11ClN2O2/c1-10(16)9-18-12-6-4-8-17-14(12)20-13-7-3-2-5-11(13)15(18)19/h2-8H,1,9H2. The minimum absolute atomic E-state index is 0.186. The summed E-state index contributed by atoms with van der Waals surface area (Å²) >= 11 is 5.87. The van der Waals surface area contributed by atoms with Crippen molar-refractivity contribution in [2.45, 2.75) is 0 Å². The van der Waals surface area contributed by atoms with Crippen LogP contribution in [0, 0.1) is 0 Å². The van der Waals surface area contributed by atoms with E-state index in [2.05, 4.69) is 11.6 Å². The van der Waals surface area contributed by atoms with Crippen molar-refractivity contribution in [1.82, 2.24) is 4.98 Å². The Morgan fingerprint density at radius 3 is 2.90 bits per heavy atom. The number of amides is 1. The minimum atomic E-state index is -0.186. The highest BCUT2D eigenvalue weighted by atomic mass is 35.5. The second-order valence-corrected chi connectivity index (χ2v) is 4.87. The lowest BCUT2D eigenvalue weighted by Gasteiger charge is -2.20. The smallest absolute Gasteiger partial charge is 0.262 e. The van der Waals surface area contributed by atoms with Crippen molar-refractivity contribution in [2.75, 3.05) is 11.4 Å². The number of aromatic nitrogens is 1. The zero-order valence-electron chi connectivity index (χ0n) is 10.5. The maximum atomic E-state index is 12.7. The Bertz CT molecular complexity index is 700. The van der Waals surface area contributed by atoms with Crippen LogP contribution in [0.2, 0.25) is 0 Å². The van der Waals surface area contributed by atoms with E-state index in [1.807, 2.05) is 6.07 Å². The molecule has 0 bridgehead atoms. The third-order valence-corrected chi connectivity index (χ3v) is 3.06. The van der Waals surface area contributed by atoms with Gasteiger partial charge in [-0.2, -0.15) is 0 Å². The number of pyridine rings is 1. The first-order valence-corrected chi connectivity index (χ1v) is 6.41. The molecule has 0 aliphatic carbocycles. The van der Waals surface area contributed by atoms with Crippen molar-refractivity contribution < 1.29 is 9.53 Å². The summed E-state index contributed by atoms with van der Waals surface area (Å²) in [7, 11) is 0. The molecular formula is C15H11ClN2O2. The van der Waals surface area contributed by atoms with Gasteiger partial charge in [0.15, 0.2) is 0 Å². The van der Waals surface area contributed by atoms with E-state index < -0.39 is 0 Å². The van der Waals surface area contributed by atoms with E-state index in [4.69, 9.17) is 16.3 Å². The van der Waals surface area contributed by atoms with Crippen LogP contribution in [0.1, 0.15) is 10.4 Å². The molecule has 2 aromatic rings. The molecule has 1 aliphatic heterocycles. The first-order valence-electron chi connectivity index (χ1n) is 6.04. The molecule has 0 spiro atoms. The quantitative estimate of drug-likeness (QED) is 0.847. The number of hydrogen-bond donors (Lipinski definition) is 0. The van der Waals surface area contributed by atoms with Gasteiger partial charge >= 0.3 is 0 Å². The molecule has 0 atom stereocenters. The molecule has 0 fully saturated rings. The van der Waals surface area contributed by atoms with Gasteiger partial charge in [0.2, 0.25) is 5.88 Å². The SMILES string of the molecule is C=C(Cl)CN1C(=O)c2ccccc2Oc2ncccc21. The fourth-order valence-electron chi connectivity index (χ4n) is 2.09. The highest BCUT2D eigenvalue weighted by Gasteiger charge is 2.28. The summed E-state index contributed by atoms with van der Waals surface area (Å²) in [5.74, 6) is 0.679. The van der Waals surface area contributed by atoms with Crippen LogP contribution in [-0.2, 0) is 0 Å². The number of carbonyl (C=O) groups is 1. The van der Waals surface area contributed by atoms with Crippen molar-refractivity contribution >= 4 is 23.2 Å². The van der Waals surface area contributed by atoms with Gasteiger partial charge in [0.05, 0.1) is 12.1 Å². The van der Waals surface area contributed by atoms with Gasteiger partial charge in [-0.05, 0) is 24.3 Å². The topological polar surface area (TPSA) is 42.4 Å². The molecule has 5 heteroatoms. The maximum Gasteiger partial charge on any atom is 0.262 e. The fourth-order valence-corrected chi connectivity index (χ4v) is 2.21. The number of ether oxygens (including phenoxy) is 1. The minimum Gasteiger partial charge on any atom is -0.436 e. The Morgan fingerprint density at radius 2 is 2.10 bits per heavy atom. The summed E-state index contributed by atoms with van der Waals surface area (Å²) in [5.41, 5.74) is 1.05. The van der Waals surface area contributed by atoms with Crippen LogP contribution in [0.15, 0.2) is 54.2 Å². The first-order chi connectivity index (χ1) is 9.66. The van der Waals surface area contributed by atoms with E-state index in [-0.39, 0.29) is 12.5 Å². The van der Waals surface area contributed by atoms with E-state index in [0.29, 0.717) is 27.9 Å². The Hall–Kier alpha value is -2.33. The molecule has 4 nitrogen and oxygen atoms in total. The van der Waals surface area contributed by atoms with Crippen LogP contribution in [-0.4, -0.2) is 17.4 Å². The molecule has 1 aromatic carbocycles. The lowest BCUT2D eigenvalue weighted by atomic mass is 10.1. The molecule has 100 valence electrons. The predicted octanol–water partition coefficient (Wildman–Crippen LogP) is 3.59. The summed E-state index contributed by atoms with van der Waals surface area (Å²) in [6, 6.07) is 10.6. The fraction of sp³-hybridized carbons (Fsp3) is 0.0667. The summed E-state index contributed by atoms with van der Waals surface area (Å²) in [5, 5.41) is 0.368. The number of para-hydroxylation sites is 1. The van der Waals surface area contributed by atoms with E-state index in [1.165, 1.54) is 4.90 Å². The Kier molecular flexibility index (Phi) is 3.16. The van der Waals surface area contributed by atoms with E-state index in [9.17, 15) is 4.79 Å². The van der Waals surface area contributed by atoms with Gasteiger partial charge in [-0.1, -0.05) is 30.3 Å². The Morgan fingerprint density at radius 1 is 1.30 bits per heavy atom. The maximum absolute atomic E-state index is 12.7.